The molecule has 0 aromatic rings. The second-order valence-electron chi connectivity index (χ2n) is 5.92. The number of esters is 3. The van der Waals surface area contributed by atoms with Gasteiger partial charge in [-0.2, -0.15) is 0 Å². The van der Waals surface area contributed by atoms with E-state index in [0.29, 0.717) is 6.42 Å². The molecule has 0 aromatic heterocycles. The molecule has 4 atom stereocenters. The Labute approximate surface area is 142 Å². The summed E-state index contributed by atoms with van der Waals surface area (Å²) in [5, 5.41) is 18.1. The zero-order valence-electron chi connectivity index (χ0n) is 14.7. The fourth-order valence-electron chi connectivity index (χ4n) is 1.74. The Morgan fingerprint density at radius 2 is 1.21 bits per heavy atom. The van der Waals surface area contributed by atoms with Crippen LogP contribution in [-0.4, -0.2) is 59.1 Å². The lowest BCUT2D eigenvalue weighted by Crippen LogP contribution is -2.25. The van der Waals surface area contributed by atoms with E-state index >= 15 is 0 Å². The summed E-state index contributed by atoms with van der Waals surface area (Å²) in [6.07, 6.45) is -2.76. The molecule has 8 heteroatoms. The van der Waals surface area contributed by atoms with Crippen LogP contribution in [0.3, 0.4) is 0 Å². The topological polar surface area (TPSA) is 119 Å². The number of carbonyl (C=O) groups is 3. The van der Waals surface area contributed by atoms with Crippen LogP contribution in [0.25, 0.3) is 0 Å². The molecule has 0 aliphatic heterocycles. The molecule has 2 N–H and O–H groups in total. The number of aliphatic hydroxyl groups is 2. The van der Waals surface area contributed by atoms with Crippen molar-refractivity contribution < 1.29 is 38.8 Å². The molecule has 140 valence electrons. The van der Waals surface area contributed by atoms with Crippen molar-refractivity contribution in [2.75, 3.05) is 6.61 Å². The largest absolute Gasteiger partial charge is 0.465 e. The van der Waals surface area contributed by atoms with Crippen molar-refractivity contribution in [3.05, 3.63) is 0 Å². The average molecular weight is 348 g/mol. The molecule has 0 heterocycles. The first-order chi connectivity index (χ1) is 11.1. The van der Waals surface area contributed by atoms with Gasteiger partial charge in [0.25, 0.3) is 0 Å². The summed E-state index contributed by atoms with van der Waals surface area (Å²) in [5.41, 5.74) is 0. The van der Waals surface area contributed by atoms with Crippen molar-refractivity contribution in [2.24, 2.45) is 0 Å². The fraction of sp³-hybridized carbons (Fsp3) is 0.812. The lowest BCUT2D eigenvalue weighted by Gasteiger charge is -2.16. The summed E-state index contributed by atoms with van der Waals surface area (Å²) in [6, 6.07) is 0. The molecule has 0 aliphatic carbocycles. The molecule has 24 heavy (non-hydrogen) atoms. The van der Waals surface area contributed by atoms with E-state index in [4.69, 9.17) is 24.4 Å². The Bertz CT molecular complexity index is 405. The predicted molar refractivity (Wildman–Crippen MR) is 83.9 cm³/mol. The molecule has 0 saturated heterocycles. The quantitative estimate of drug-likeness (QED) is 0.414. The van der Waals surface area contributed by atoms with Crippen LogP contribution < -0.4 is 0 Å². The van der Waals surface area contributed by atoms with Crippen LogP contribution in [0.15, 0.2) is 0 Å². The Morgan fingerprint density at radius 3 is 1.67 bits per heavy atom. The maximum absolute atomic E-state index is 11.7. The van der Waals surface area contributed by atoms with E-state index in [1.165, 1.54) is 13.8 Å². The molecule has 0 saturated carbocycles. The number of aliphatic hydroxyl groups excluding tert-OH is 2. The third-order valence-electron chi connectivity index (χ3n) is 2.83. The van der Waals surface area contributed by atoms with Crippen molar-refractivity contribution in [3.8, 4) is 0 Å². The maximum atomic E-state index is 11.7. The van der Waals surface area contributed by atoms with Crippen LogP contribution in [0.2, 0.25) is 0 Å². The van der Waals surface area contributed by atoms with Gasteiger partial charge < -0.3 is 24.4 Å². The first-order valence-electron chi connectivity index (χ1n) is 8.00. The zero-order chi connectivity index (χ0) is 18.7. The summed E-state index contributed by atoms with van der Waals surface area (Å²) in [6.45, 7) is 6.25. The van der Waals surface area contributed by atoms with E-state index < -0.39 is 42.3 Å². The van der Waals surface area contributed by atoms with Crippen LogP contribution in [0.4, 0.5) is 0 Å². The zero-order valence-corrected chi connectivity index (χ0v) is 14.7. The molecule has 0 radical (unpaired) electrons. The number of hydrogen-bond acceptors (Lipinski definition) is 8. The van der Waals surface area contributed by atoms with Gasteiger partial charge in [-0.3, -0.25) is 14.4 Å². The van der Waals surface area contributed by atoms with Crippen molar-refractivity contribution in [2.45, 2.75) is 77.8 Å². The summed E-state index contributed by atoms with van der Waals surface area (Å²) in [7, 11) is 0. The highest BCUT2D eigenvalue weighted by Gasteiger charge is 2.19. The molecule has 0 aromatic carbocycles. The predicted octanol–water partition coefficient (Wildman–Crippen LogP) is 0.715. The van der Waals surface area contributed by atoms with E-state index in [1.807, 2.05) is 0 Å². The number of carbonyl (C=O) groups excluding carboxylic acids is 3. The minimum atomic E-state index is -0.809. The van der Waals surface area contributed by atoms with Gasteiger partial charge in [0, 0.05) is 6.42 Å². The van der Waals surface area contributed by atoms with Gasteiger partial charge in [-0.05, 0) is 27.7 Å². The molecule has 0 bridgehead atoms. The lowest BCUT2D eigenvalue weighted by molar-refractivity contribution is -0.159. The second kappa shape index (κ2) is 11.8. The second-order valence-corrected chi connectivity index (χ2v) is 5.92. The first kappa shape index (κ1) is 22.3. The van der Waals surface area contributed by atoms with Crippen molar-refractivity contribution >= 4 is 17.9 Å². The van der Waals surface area contributed by atoms with Crippen molar-refractivity contribution in [1.29, 1.82) is 0 Å². The van der Waals surface area contributed by atoms with E-state index in [-0.39, 0.29) is 25.9 Å². The van der Waals surface area contributed by atoms with Crippen molar-refractivity contribution in [1.82, 2.24) is 0 Å². The molecule has 0 rings (SSSR count). The minimum absolute atomic E-state index is 0.0955. The van der Waals surface area contributed by atoms with Gasteiger partial charge in [0.15, 0.2) is 0 Å². The number of ether oxygens (including phenoxy) is 3. The van der Waals surface area contributed by atoms with Crippen LogP contribution in [-0.2, 0) is 28.6 Å². The van der Waals surface area contributed by atoms with Gasteiger partial charge in [-0.15, -0.1) is 0 Å². The van der Waals surface area contributed by atoms with Gasteiger partial charge in [0.2, 0.25) is 0 Å². The van der Waals surface area contributed by atoms with Gasteiger partial charge >= 0.3 is 17.9 Å². The molecular formula is C16H28O8. The third kappa shape index (κ3) is 12.8. The Balaban J connectivity index is 4.00. The molecule has 0 amide bonds. The highest BCUT2D eigenvalue weighted by molar-refractivity contribution is 5.74. The maximum Gasteiger partial charge on any atom is 0.309 e. The van der Waals surface area contributed by atoms with E-state index in [1.54, 1.807) is 13.8 Å². The molecule has 0 aliphatic rings. The van der Waals surface area contributed by atoms with Crippen molar-refractivity contribution in [3.63, 3.8) is 0 Å². The lowest BCUT2D eigenvalue weighted by atomic mass is 10.2. The molecule has 0 fully saturated rings. The van der Waals surface area contributed by atoms with Gasteiger partial charge in [0.1, 0.15) is 12.2 Å². The van der Waals surface area contributed by atoms with Crippen LogP contribution in [0.5, 0.6) is 0 Å². The summed E-state index contributed by atoms with van der Waals surface area (Å²) < 4.78 is 14.9. The fourth-order valence-corrected chi connectivity index (χ4v) is 1.74. The first-order valence-corrected chi connectivity index (χ1v) is 8.00. The summed E-state index contributed by atoms with van der Waals surface area (Å²) in [4.78, 5) is 34.6. The minimum Gasteiger partial charge on any atom is -0.465 e. The smallest absolute Gasteiger partial charge is 0.309 e. The highest BCUT2D eigenvalue weighted by Crippen LogP contribution is 2.07. The van der Waals surface area contributed by atoms with Gasteiger partial charge in [-0.1, -0.05) is 0 Å². The number of hydrogen-bond donors (Lipinski definition) is 2. The molecule has 8 nitrogen and oxygen atoms in total. The summed E-state index contributed by atoms with van der Waals surface area (Å²) >= 11 is 0. The Morgan fingerprint density at radius 1 is 0.750 bits per heavy atom. The number of rotatable bonds is 11. The molecule has 1 unspecified atom stereocenters. The van der Waals surface area contributed by atoms with Crippen LogP contribution >= 0.6 is 0 Å². The van der Waals surface area contributed by atoms with E-state index in [2.05, 4.69) is 0 Å². The standard InChI is InChI=1S/C16H28O8/c1-10(17)5-6-22-14(19)8-12(3)24-16(21)9-13(4)23-15(20)7-11(2)18/h10-13,17-18H,5-9H2,1-4H3/t10?,11-,12-,13-/m1/s1. The van der Waals surface area contributed by atoms with E-state index in [9.17, 15) is 14.4 Å². The normalized spacial score (nSPS) is 15.8. The Kier molecular flexibility index (Phi) is 11.0. The van der Waals surface area contributed by atoms with Crippen LogP contribution in [0.1, 0.15) is 53.4 Å². The summed E-state index contributed by atoms with van der Waals surface area (Å²) in [5.74, 6) is -1.72. The van der Waals surface area contributed by atoms with Gasteiger partial charge in [0.05, 0.1) is 38.1 Å². The molecule has 0 spiro atoms. The average Bonchev–Trinajstić information content (AvgIpc) is 2.35. The monoisotopic (exact) mass is 348 g/mol. The molecular weight excluding hydrogens is 320 g/mol. The van der Waals surface area contributed by atoms with Crippen LogP contribution in [0, 0.1) is 0 Å². The third-order valence-corrected chi connectivity index (χ3v) is 2.83. The Hall–Kier alpha value is -1.67. The van der Waals surface area contributed by atoms with E-state index in [0.717, 1.165) is 0 Å². The van der Waals surface area contributed by atoms with Gasteiger partial charge in [-0.25, -0.2) is 0 Å². The SMILES string of the molecule is CC(O)CCOC(=O)C[C@@H](C)OC(=O)C[C@@H](C)OC(=O)C[C@@H](C)O. The highest BCUT2D eigenvalue weighted by atomic mass is 16.6.